The number of carbonyl (C=O) groups is 1. The Morgan fingerprint density at radius 3 is 3.04 bits per heavy atom. The third-order valence-corrected chi connectivity index (χ3v) is 5.43. The van der Waals surface area contributed by atoms with Crippen LogP contribution in [0.1, 0.15) is 16.1 Å². The number of carbonyl (C=O) groups excluding carboxylic acids is 1. The first-order valence-electron chi connectivity index (χ1n) is 6.88. The van der Waals surface area contributed by atoms with Gasteiger partial charge in [0, 0.05) is 27.2 Å². The fourth-order valence-corrected chi connectivity index (χ4v) is 4.09. The van der Waals surface area contributed by atoms with Gasteiger partial charge in [-0.2, -0.15) is 0 Å². The minimum Gasteiger partial charge on any atom is -0.462 e. The van der Waals surface area contributed by atoms with Crippen molar-refractivity contribution in [2.45, 2.75) is 4.90 Å². The molecule has 3 heterocycles. The number of furan rings is 1. The fourth-order valence-electron chi connectivity index (χ4n) is 2.35. The molecular weight excluding hydrogens is 333 g/mol. The number of halogens is 1. The van der Waals surface area contributed by atoms with E-state index in [0.29, 0.717) is 28.3 Å². The summed E-state index contributed by atoms with van der Waals surface area (Å²) in [6.07, 6.45) is 3.37. The van der Waals surface area contributed by atoms with E-state index in [1.807, 2.05) is 17.5 Å². The van der Waals surface area contributed by atoms with Gasteiger partial charge in [-0.3, -0.25) is 4.79 Å². The van der Waals surface area contributed by atoms with E-state index < -0.39 is 5.82 Å². The summed E-state index contributed by atoms with van der Waals surface area (Å²) in [5.41, 5.74) is 1.77. The SMILES string of the molecule is O=C1/C(=C\c2csc(-c3ccco3)n2)CSc2ccc(F)cc21. The quantitative estimate of drug-likeness (QED) is 0.620. The van der Waals surface area contributed by atoms with E-state index in [1.165, 1.54) is 35.2 Å². The first-order valence-corrected chi connectivity index (χ1v) is 8.74. The van der Waals surface area contributed by atoms with E-state index in [0.717, 1.165) is 9.90 Å². The van der Waals surface area contributed by atoms with E-state index in [4.69, 9.17) is 4.42 Å². The van der Waals surface area contributed by atoms with Crippen LogP contribution in [0.4, 0.5) is 4.39 Å². The normalized spacial score (nSPS) is 15.9. The van der Waals surface area contributed by atoms with Crippen LogP contribution in [0, 0.1) is 5.82 Å². The van der Waals surface area contributed by atoms with Gasteiger partial charge in [-0.25, -0.2) is 9.37 Å². The Morgan fingerprint density at radius 2 is 2.22 bits per heavy atom. The molecule has 0 N–H and O–H groups in total. The summed E-state index contributed by atoms with van der Waals surface area (Å²) in [5.74, 6) is 0.736. The average molecular weight is 343 g/mol. The summed E-state index contributed by atoms with van der Waals surface area (Å²) in [4.78, 5) is 17.8. The number of rotatable bonds is 2. The van der Waals surface area contributed by atoms with Crippen molar-refractivity contribution in [3.63, 3.8) is 0 Å². The molecule has 0 fully saturated rings. The van der Waals surface area contributed by atoms with Crippen LogP contribution in [0.25, 0.3) is 16.8 Å². The zero-order valence-corrected chi connectivity index (χ0v) is 13.4. The highest BCUT2D eigenvalue weighted by atomic mass is 32.2. The topological polar surface area (TPSA) is 43.1 Å². The Labute approximate surface area is 139 Å². The van der Waals surface area contributed by atoms with Crippen molar-refractivity contribution >= 4 is 35.0 Å². The van der Waals surface area contributed by atoms with Crippen LogP contribution in [-0.4, -0.2) is 16.5 Å². The highest BCUT2D eigenvalue weighted by molar-refractivity contribution is 7.99. The molecule has 3 nitrogen and oxygen atoms in total. The molecule has 2 aromatic heterocycles. The molecule has 0 atom stereocenters. The first-order chi connectivity index (χ1) is 11.2. The van der Waals surface area contributed by atoms with Gasteiger partial charge in [0.15, 0.2) is 16.6 Å². The molecule has 1 aliphatic rings. The van der Waals surface area contributed by atoms with Crippen molar-refractivity contribution in [3.8, 4) is 10.8 Å². The predicted octanol–water partition coefficient (Wildman–Crippen LogP) is 4.91. The standard InChI is InChI=1S/C17H10FNO2S2/c18-11-3-4-15-13(7-11)16(20)10(8-22-15)6-12-9-23-17(19-12)14-2-1-5-21-14/h1-7,9H,8H2/b10-6-. The lowest BCUT2D eigenvalue weighted by Crippen LogP contribution is -2.12. The number of ketones is 1. The van der Waals surface area contributed by atoms with Crippen molar-refractivity contribution in [1.29, 1.82) is 0 Å². The van der Waals surface area contributed by atoms with Gasteiger partial charge in [0.2, 0.25) is 0 Å². The molecule has 6 heteroatoms. The first kappa shape index (κ1) is 14.4. The highest BCUT2D eigenvalue weighted by Gasteiger charge is 2.23. The number of aromatic nitrogens is 1. The Balaban J connectivity index is 1.66. The summed E-state index contributed by atoms with van der Waals surface area (Å²) in [6, 6.07) is 7.98. The lowest BCUT2D eigenvalue weighted by Gasteiger charge is -2.16. The minimum atomic E-state index is -0.396. The van der Waals surface area contributed by atoms with Crippen molar-refractivity contribution in [1.82, 2.24) is 4.98 Å². The van der Waals surface area contributed by atoms with Crippen LogP contribution in [-0.2, 0) is 0 Å². The smallest absolute Gasteiger partial charge is 0.191 e. The molecule has 0 aliphatic carbocycles. The maximum atomic E-state index is 13.4. The number of thioether (sulfide) groups is 1. The second-order valence-corrected chi connectivity index (χ2v) is 6.86. The van der Waals surface area contributed by atoms with Gasteiger partial charge < -0.3 is 4.42 Å². The van der Waals surface area contributed by atoms with Gasteiger partial charge in [-0.15, -0.1) is 23.1 Å². The van der Waals surface area contributed by atoms with E-state index in [2.05, 4.69) is 4.98 Å². The van der Waals surface area contributed by atoms with Gasteiger partial charge in [-0.05, 0) is 36.4 Å². The van der Waals surface area contributed by atoms with Gasteiger partial charge >= 0.3 is 0 Å². The van der Waals surface area contributed by atoms with Crippen molar-refractivity contribution < 1.29 is 13.6 Å². The molecule has 0 unspecified atom stereocenters. The van der Waals surface area contributed by atoms with Crippen molar-refractivity contribution in [3.05, 3.63) is 64.6 Å². The second-order valence-electron chi connectivity index (χ2n) is 4.98. The summed E-state index contributed by atoms with van der Waals surface area (Å²) < 4.78 is 18.7. The Hall–Kier alpha value is -2.18. The molecule has 0 saturated heterocycles. The molecule has 0 bridgehead atoms. The summed E-state index contributed by atoms with van der Waals surface area (Å²) >= 11 is 2.99. The summed E-state index contributed by atoms with van der Waals surface area (Å²) in [6.45, 7) is 0. The average Bonchev–Trinajstić information content (AvgIpc) is 3.22. The molecule has 1 aliphatic heterocycles. The second kappa shape index (κ2) is 5.79. The van der Waals surface area contributed by atoms with E-state index >= 15 is 0 Å². The lowest BCUT2D eigenvalue weighted by atomic mass is 10.0. The molecular formula is C17H10FNO2S2. The minimum absolute atomic E-state index is 0.134. The Kier molecular flexibility index (Phi) is 3.63. The fraction of sp³-hybridized carbons (Fsp3) is 0.0588. The van der Waals surface area contributed by atoms with Crippen LogP contribution in [0.3, 0.4) is 0 Å². The number of hydrogen-bond donors (Lipinski definition) is 0. The molecule has 1 aromatic carbocycles. The highest BCUT2D eigenvalue weighted by Crippen LogP contribution is 2.34. The van der Waals surface area contributed by atoms with Gasteiger partial charge in [0.1, 0.15) is 5.82 Å². The predicted molar refractivity (Wildman–Crippen MR) is 89.2 cm³/mol. The number of hydrogen-bond acceptors (Lipinski definition) is 5. The maximum Gasteiger partial charge on any atom is 0.191 e. The zero-order chi connectivity index (χ0) is 15.8. The maximum absolute atomic E-state index is 13.4. The monoisotopic (exact) mass is 343 g/mol. The van der Waals surface area contributed by atoms with E-state index in [1.54, 1.807) is 18.4 Å². The molecule has 23 heavy (non-hydrogen) atoms. The van der Waals surface area contributed by atoms with Gasteiger partial charge in [0.25, 0.3) is 0 Å². The molecule has 0 saturated carbocycles. The van der Waals surface area contributed by atoms with Gasteiger partial charge in [-0.1, -0.05) is 0 Å². The largest absolute Gasteiger partial charge is 0.462 e. The number of Topliss-reactive ketones (excluding diaryl/α,β-unsaturated/α-hetero) is 1. The Bertz CT molecular complexity index is 913. The Morgan fingerprint density at radius 1 is 1.30 bits per heavy atom. The van der Waals surface area contributed by atoms with Crippen LogP contribution in [0.5, 0.6) is 0 Å². The van der Waals surface area contributed by atoms with Crippen LogP contribution >= 0.6 is 23.1 Å². The third kappa shape index (κ3) is 2.75. The molecule has 0 radical (unpaired) electrons. The number of benzene rings is 1. The van der Waals surface area contributed by atoms with E-state index in [-0.39, 0.29) is 5.78 Å². The number of thiazole rings is 1. The molecule has 114 valence electrons. The number of fused-ring (bicyclic) bond motifs is 1. The molecule has 4 rings (SSSR count). The molecule has 0 spiro atoms. The van der Waals surface area contributed by atoms with Crippen LogP contribution in [0.2, 0.25) is 0 Å². The summed E-state index contributed by atoms with van der Waals surface area (Å²) in [5, 5.41) is 2.65. The van der Waals surface area contributed by atoms with Crippen molar-refractivity contribution in [2.24, 2.45) is 0 Å². The van der Waals surface area contributed by atoms with Crippen molar-refractivity contribution in [2.75, 3.05) is 5.75 Å². The number of nitrogens with zero attached hydrogens (tertiary/aromatic N) is 1. The van der Waals surface area contributed by atoms with Crippen LogP contribution in [0.15, 0.2) is 56.9 Å². The lowest BCUT2D eigenvalue weighted by molar-refractivity contribution is 0.103. The molecule has 0 amide bonds. The molecule has 3 aromatic rings. The third-order valence-electron chi connectivity index (χ3n) is 3.44. The van der Waals surface area contributed by atoms with E-state index in [9.17, 15) is 9.18 Å². The van der Waals surface area contributed by atoms with Gasteiger partial charge in [0.05, 0.1) is 12.0 Å². The van der Waals surface area contributed by atoms with Crippen LogP contribution < -0.4 is 0 Å². The zero-order valence-electron chi connectivity index (χ0n) is 11.8. The summed E-state index contributed by atoms with van der Waals surface area (Å²) in [7, 11) is 0.